The van der Waals surface area contributed by atoms with Crippen LogP contribution in [0.3, 0.4) is 0 Å². The summed E-state index contributed by atoms with van der Waals surface area (Å²) in [5.74, 6) is -0.551. The van der Waals surface area contributed by atoms with Gasteiger partial charge in [0.1, 0.15) is 17.4 Å². The Hall–Kier alpha value is -2.21. The third-order valence-corrected chi connectivity index (χ3v) is 3.49. The van der Waals surface area contributed by atoms with E-state index in [1.807, 2.05) is 24.3 Å². The first-order valence-corrected chi connectivity index (χ1v) is 7.00. The van der Waals surface area contributed by atoms with Crippen molar-refractivity contribution < 1.29 is 13.5 Å². The highest BCUT2D eigenvalue weighted by Gasteiger charge is 2.09. The van der Waals surface area contributed by atoms with E-state index >= 15 is 0 Å². The molecule has 2 aromatic carbocycles. The number of thiocarbonyl (C=S) groups is 1. The number of anilines is 1. The zero-order valence-corrected chi connectivity index (χ0v) is 13.1. The number of benzene rings is 2. The van der Waals surface area contributed by atoms with Gasteiger partial charge >= 0.3 is 0 Å². The van der Waals surface area contributed by atoms with Gasteiger partial charge < -0.3 is 15.0 Å². The zero-order valence-electron chi connectivity index (χ0n) is 12.3. The van der Waals surface area contributed by atoms with Gasteiger partial charge in [-0.1, -0.05) is 12.1 Å². The van der Waals surface area contributed by atoms with E-state index < -0.39 is 11.6 Å². The molecule has 1 N–H and O–H groups in total. The van der Waals surface area contributed by atoms with Crippen molar-refractivity contribution in [2.75, 3.05) is 19.5 Å². The van der Waals surface area contributed by atoms with Crippen LogP contribution < -0.4 is 10.1 Å². The maximum absolute atomic E-state index is 13.6. The summed E-state index contributed by atoms with van der Waals surface area (Å²) in [5, 5.41) is 3.11. The van der Waals surface area contributed by atoms with Crippen LogP contribution in [0.2, 0.25) is 0 Å². The standard InChI is InChI=1S/C16H16F2N2OS/c1-20(10-11-4-3-5-13(8-11)21-2)16(22)19-15-7-6-12(17)9-14(15)18/h3-9H,10H2,1-2H3,(H,19,22). The molecule has 0 spiro atoms. The Morgan fingerprint density at radius 3 is 2.68 bits per heavy atom. The SMILES string of the molecule is COc1cccc(CN(C)C(=S)Nc2ccc(F)cc2F)c1. The molecule has 0 saturated heterocycles. The quantitative estimate of drug-likeness (QED) is 0.865. The normalized spacial score (nSPS) is 10.2. The topological polar surface area (TPSA) is 24.5 Å². The van der Waals surface area contributed by atoms with Gasteiger partial charge in [-0.3, -0.25) is 0 Å². The number of halogens is 2. The van der Waals surface area contributed by atoms with E-state index in [0.717, 1.165) is 17.4 Å². The van der Waals surface area contributed by atoms with Crippen molar-refractivity contribution in [3.05, 3.63) is 59.7 Å². The summed E-state index contributed by atoms with van der Waals surface area (Å²) in [4.78, 5) is 1.76. The van der Waals surface area contributed by atoms with Gasteiger partial charge in [0.25, 0.3) is 0 Å². The van der Waals surface area contributed by atoms with Crippen LogP contribution in [0, 0.1) is 11.6 Å². The molecule has 0 saturated carbocycles. The van der Waals surface area contributed by atoms with Crippen molar-refractivity contribution in [3.8, 4) is 5.75 Å². The monoisotopic (exact) mass is 322 g/mol. The Bertz CT molecular complexity index is 679. The van der Waals surface area contributed by atoms with Crippen LogP contribution in [0.4, 0.5) is 14.5 Å². The van der Waals surface area contributed by atoms with Crippen molar-refractivity contribution in [2.24, 2.45) is 0 Å². The molecule has 0 bridgehead atoms. The molecule has 0 fully saturated rings. The van der Waals surface area contributed by atoms with Crippen LogP contribution in [0.15, 0.2) is 42.5 Å². The van der Waals surface area contributed by atoms with Crippen molar-refractivity contribution >= 4 is 23.0 Å². The molecule has 2 aromatic rings. The second-order valence-electron chi connectivity index (χ2n) is 4.76. The molecular formula is C16H16F2N2OS. The molecule has 0 aromatic heterocycles. The summed E-state index contributed by atoms with van der Waals surface area (Å²) in [5.41, 5.74) is 1.15. The van der Waals surface area contributed by atoms with Crippen LogP contribution in [-0.4, -0.2) is 24.2 Å². The molecule has 6 heteroatoms. The third-order valence-electron chi connectivity index (χ3n) is 3.07. The van der Waals surface area contributed by atoms with E-state index in [4.69, 9.17) is 17.0 Å². The summed E-state index contributed by atoms with van der Waals surface area (Å²) in [6.07, 6.45) is 0. The van der Waals surface area contributed by atoms with E-state index in [-0.39, 0.29) is 5.69 Å². The minimum Gasteiger partial charge on any atom is -0.497 e. The summed E-state index contributed by atoms with van der Waals surface area (Å²) in [7, 11) is 3.39. The molecule has 0 amide bonds. The third kappa shape index (κ3) is 4.14. The Labute approximate surface area is 133 Å². The van der Waals surface area contributed by atoms with Gasteiger partial charge in [-0.05, 0) is 42.0 Å². The molecule has 0 aliphatic carbocycles. The van der Waals surface area contributed by atoms with E-state index in [9.17, 15) is 8.78 Å². The number of methoxy groups -OCH3 is 1. The lowest BCUT2D eigenvalue weighted by atomic mass is 10.2. The first-order chi connectivity index (χ1) is 10.5. The smallest absolute Gasteiger partial charge is 0.173 e. The predicted octanol–water partition coefficient (Wildman–Crippen LogP) is 3.80. The maximum Gasteiger partial charge on any atom is 0.173 e. The number of rotatable bonds is 4. The molecule has 3 nitrogen and oxygen atoms in total. The molecule has 2 rings (SSSR count). The Kier molecular flexibility index (Phi) is 5.27. The van der Waals surface area contributed by atoms with Gasteiger partial charge in [-0.2, -0.15) is 0 Å². The Morgan fingerprint density at radius 2 is 2.00 bits per heavy atom. The number of hydrogen-bond donors (Lipinski definition) is 1. The lowest BCUT2D eigenvalue weighted by Crippen LogP contribution is -2.30. The van der Waals surface area contributed by atoms with Crippen LogP contribution >= 0.6 is 12.2 Å². The highest BCUT2D eigenvalue weighted by Crippen LogP contribution is 2.17. The van der Waals surface area contributed by atoms with Crippen molar-refractivity contribution in [2.45, 2.75) is 6.54 Å². The summed E-state index contributed by atoms with van der Waals surface area (Å²) in [6.45, 7) is 0.534. The number of hydrogen-bond acceptors (Lipinski definition) is 2. The largest absolute Gasteiger partial charge is 0.497 e. The Balaban J connectivity index is 2.02. The number of ether oxygens (including phenoxy) is 1. The average molecular weight is 322 g/mol. The highest BCUT2D eigenvalue weighted by atomic mass is 32.1. The first-order valence-electron chi connectivity index (χ1n) is 6.59. The predicted molar refractivity (Wildman–Crippen MR) is 87.0 cm³/mol. The van der Waals surface area contributed by atoms with E-state index in [1.165, 1.54) is 12.1 Å². The molecule has 0 atom stereocenters. The van der Waals surface area contributed by atoms with Gasteiger partial charge in [0.2, 0.25) is 0 Å². The lowest BCUT2D eigenvalue weighted by Gasteiger charge is -2.21. The van der Waals surface area contributed by atoms with Crippen LogP contribution in [0.1, 0.15) is 5.56 Å². The second-order valence-corrected chi connectivity index (χ2v) is 5.15. The van der Waals surface area contributed by atoms with Crippen LogP contribution in [-0.2, 0) is 6.54 Å². The van der Waals surface area contributed by atoms with Crippen molar-refractivity contribution in [1.29, 1.82) is 0 Å². The molecule has 0 unspecified atom stereocenters. The van der Waals surface area contributed by atoms with Crippen LogP contribution in [0.5, 0.6) is 5.75 Å². The first kappa shape index (κ1) is 16.2. The summed E-state index contributed by atoms with van der Waals surface area (Å²) >= 11 is 5.23. The van der Waals surface area contributed by atoms with Crippen LogP contribution in [0.25, 0.3) is 0 Å². The molecule has 22 heavy (non-hydrogen) atoms. The van der Waals surface area contributed by atoms with Gasteiger partial charge in [-0.15, -0.1) is 0 Å². The minimum absolute atomic E-state index is 0.142. The number of nitrogens with zero attached hydrogens (tertiary/aromatic N) is 1. The van der Waals surface area contributed by atoms with Gasteiger partial charge in [-0.25, -0.2) is 8.78 Å². The minimum atomic E-state index is -0.683. The summed E-state index contributed by atoms with van der Waals surface area (Å²) < 4.78 is 31.6. The lowest BCUT2D eigenvalue weighted by molar-refractivity contribution is 0.413. The second kappa shape index (κ2) is 7.17. The fraction of sp³-hybridized carbons (Fsp3) is 0.188. The molecule has 0 aliphatic heterocycles. The molecular weight excluding hydrogens is 306 g/mol. The van der Waals surface area contributed by atoms with Crippen molar-refractivity contribution in [1.82, 2.24) is 4.90 Å². The van der Waals surface area contributed by atoms with Gasteiger partial charge in [0.05, 0.1) is 12.8 Å². The molecule has 0 heterocycles. The number of nitrogens with one attached hydrogen (secondary N) is 1. The summed E-state index contributed by atoms with van der Waals surface area (Å²) in [6, 6.07) is 10.9. The zero-order chi connectivity index (χ0) is 16.1. The van der Waals surface area contributed by atoms with Gasteiger partial charge in [0.15, 0.2) is 5.11 Å². The average Bonchev–Trinajstić information content (AvgIpc) is 2.50. The maximum atomic E-state index is 13.6. The van der Waals surface area contributed by atoms with Gasteiger partial charge in [0, 0.05) is 19.7 Å². The fourth-order valence-corrected chi connectivity index (χ4v) is 2.09. The van der Waals surface area contributed by atoms with E-state index in [0.29, 0.717) is 11.7 Å². The molecule has 0 radical (unpaired) electrons. The van der Waals surface area contributed by atoms with E-state index in [1.54, 1.807) is 19.1 Å². The van der Waals surface area contributed by atoms with Crippen molar-refractivity contribution in [3.63, 3.8) is 0 Å². The fourth-order valence-electron chi connectivity index (χ4n) is 1.92. The van der Waals surface area contributed by atoms with E-state index in [2.05, 4.69) is 5.32 Å². The highest BCUT2D eigenvalue weighted by molar-refractivity contribution is 7.80. The molecule has 0 aliphatic rings. The molecule has 116 valence electrons. The Morgan fingerprint density at radius 1 is 1.23 bits per heavy atom.